The number of nitrogens with zero attached hydrogens (tertiary/aromatic N) is 3. The Bertz CT molecular complexity index is 728. The topological polar surface area (TPSA) is 93.2 Å². The van der Waals surface area contributed by atoms with Gasteiger partial charge < -0.3 is 16.0 Å². The third-order valence-corrected chi connectivity index (χ3v) is 4.37. The Morgan fingerprint density at radius 3 is 2.84 bits per heavy atom. The fraction of sp³-hybridized carbons (Fsp3) is 0.389. The number of primary amides is 1. The number of benzene rings is 1. The number of urea groups is 1. The molecule has 0 radical (unpaired) electrons. The van der Waals surface area contributed by atoms with Crippen LogP contribution in [0.3, 0.4) is 0 Å². The van der Waals surface area contributed by atoms with Crippen molar-refractivity contribution in [1.29, 1.82) is 0 Å². The first-order valence-corrected chi connectivity index (χ1v) is 8.51. The van der Waals surface area contributed by atoms with E-state index in [9.17, 15) is 9.59 Å². The van der Waals surface area contributed by atoms with E-state index in [1.807, 2.05) is 36.5 Å². The van der Waals surface area contributed by atoms with Gasteiger partial charge in [0.05, 0.1) is 18.4 Å². The Hall–Kier alpha value is -2.83. The van der Waals surface area contributed by atoms with Crippen molar-refractivity contribution in [3.8, 4) is 0 Å². The lowest BCUT2D eigenvalue weighted by atomic mass is 9.95. The van der Waals surface area contributed by atoms with E-state index in [-0.39, 0.29) is 17.9 Å². The van der Waals surface area contributed by atoms with Crippen molar-refractivity contribution >= 4 is 17.6 Å². The van der Waals surface area contributed by atoms with Crippen molar-refractivity contribution < 1.29 is 9.59 Å². The standard InChI is InChI=1S/C18H23N5O2/c19-17(24)9-15-7-4-8-22(11-15)18(25)21-16-10-20-23(13-16)12-14-5-2-1-3-6-14/h1-3,5-6,10,13,15H,4,7-9,11-12H2,(H2,19,24)(H,21,25)/t15-/m1/s1. The van der Waals surface area contributed by atoms with Crippen LogP contribution in [0.15, 0.2) is 42.7 Å². The van der Waals surface area contributed by atoms with Crippen LogP contribution in [0.25, 0.3) is 0 Å². The second-order valence-electron chi connectivity index (χ2n) is 6.47. The lowest BCUT2D eigenvalue weighted by molar-refractivity contribution is -0.119. The molecular weight excluding hydrogens is 318 g/mol. The Morgan fingerprint density at radius 1 is 1.28 bits per heavy atom. The molecule has 0 unspecified atom stereocenters. The Kier molecular flexibility index (Phi) is 5.33. The molecule has 1 fully saturated rings. The number of hydrogen-bond donors (Lipinski definition) is 2. The van der Waals surface area contributed by atoms with Gasteiger partial charge in [-0.15, -0.1) is 0 Å². The molecule has 7 heteroatoms. The molecule has 1 atom stereocenters. The quantitative estimate of drug-likeness (QED) is 0.871. The average molecular weight is 341 g/mol. The lowest BCUT2D eigenvalue weighted by Crippen LogP contribution is -2.43. The minimum atomic E-state index is -0.311. The fourth-order valence-electron chi connectivity index (χ4n) is 3.19. The minimum absolute atomic E-state index is 0.151. The number of carbonyl (C=O) groups is 2. The zero-order chi connectivity index (χ0) is 17.6. The molecule has 3 N–H and O–H groups in total. The summed E-state index contributed by atoms with van der Waals surface area (Å²) in [6.45, 7) is 1.91. The summed E-state index contributed by atoms with van der Waals surface area (Å²) in [5, 5.41) is 7.17. The van der Waals surface area contributed by atoms with Crippen molar-refractivity contribution in [3.05, 3.63) is 48.3 Å². The molecule has 0 spiro atoms. The second kappa shape index (κ2) is 7.83. The predicted octanol–water partition coefficient (Wildman–Crippen LogP) is 2.05. The summed E-state index contributed by atoms with van der Waals surface area (Å²) in [7, 11) is 0. The van der Waals surface area contributed by atoms with Gasteiger partial charge in [0.15, 0.2) is 0 Å². The highest BCUT2D eigenvalue weighted by atomic mass is 16.2. The molecule has 3 amide bonds. The van der Waals surface area contributed by atoms with Crippen LogP contribution in [-0.4, -0.2) is 39.7 Å². The third-order valence-electron chi connectivity index (χ3n) is 4.37. The molecule has 0 saturated carbocycles. The molecular formula is C18H23N5O2. The van der Waals surface area contributed by atoms with Crippen molar-refractivity contribution in [1.82, 2.24) is 14.7 Å². The zero-order valence-corrected chi connectivity index (χ0v) is 14.1. The van der Waals surface area contributed by atoms with E-state index in [0.29, 0.717) is 31.7 Å². The van der Waals surface area contributed by atoms with Gasteiger partial charge >= 0.3 is 6.03 Å². The van der Waals surface area contributed by atoms with Crippen LogP contribution in [0.2, 0.25) is 0 Å². The van der Waals surface area contributed by atoms with E-state index in [0.717, 1.165) is 18.4 Å². The summed E-state index contributed by atoms with van der Waals surface area (Å²) in [5.41, 5.74) is 7.08. The maximum absolute atomic E-state index is 12.4. The van der Waals surface area contributed by atoms with Crippen molar-refractivity contribution in [2.45, 2.75) is 25.8 Å². The summed E-state index contributed by atoms with van der Waals surface area (Å²) in [5.74, 6) is -0.160. The maximum Gasteiger partial charge on any atom is 0.321 e. The number of piperidine rings is 1. The van der Waals surface area contributed by atoms with Crippen LogP contribution < -0.4 is 11.1 Å². The van der Waals surface area contributed by atoms with Gasteiger partial charge in [0.2, 0.25) is 5.91 Å². The van der Waals surface area contributed by atoms with Crippen molar-refractivity contribution in [3.63, 3.8) is 0 Å². The van der Waals surface area contributed by atoms with Crippen LogP contribution in [0.1, 0.15) is 24.8 Å². The number of aromatic nitrogens is 2. The van der Waals surface area contributed by atoms with Crippen LogP contribution in [0.5, 0.6) is 0 Å². The molecule has 1 saturated heterocycles. The van der Waals surface area contributed by atoms with Crippen molar-refractivity contribution in [2.24, 2.45) is 11.7 Å². The van der Waals surface area contributed by atoms with Gasteiger partial charge in [-0.2, -0.15) is 5.10 Å². The molecule has 3 rings (SSSR count). The zero-order valence-electron chi connectivity index (χ0n) is 14.1. The molecule has 1 aromatic heterocycles. The second-order valence-corrected chi connectivity index (χ2v) is 6.47. The van der Waals surface area contributed by atoms with E-state index in [2.05, 4.69) is 10.4 Å². The maximum atomic E-state index is 12.4. The highest BCUT2D eigenvalue weighted by Gasteiger charge is 2.25. The molecule has 1 aromatic carbocycles. The summed E-state index contributed by atoms with van der Waals surface area (Å²) in [4.78, 5) is 25.2. The average Bonchev–Trinajstić information content (AvgIpc) is 3.02. The SMILES string of the molecule is NC(=O)C[C@H]1CCCN(C(=O)Nc2cnn(Cc3ccccc3)c2)C1. The number of amides is 3. The fourth-order valence-corrected chi connectivity index (χ4v) is 3.19. The molecule has 0 aliphatic carbocycles. The number of nitrogens with one attached hydrogen (secondary N) is 1. The Morgan fingerprint density at radius 2 is 2.08 bits per heavy atom. The van der Waals surface area contributed by atoms with Gasteiger partial charge in [-0.1, -0.05) is 30.3 Å². The van der Waals surface area contributed by atoms with Crippen LogP contribution in [0.4, 0.5) is 10.5 Å². The minimum Gasteiger partial charge on any atom is -0.370 e. The molecule has 25 heavy (non-hydrogen) atoms. The summed E-state index contributed by atoms with van der Waals surface area (Å²) < 4.78 is 1.79. The van der Waals surface area contributed by atoms with Gasteiger partial charge in [0, 0.05) is 25.7 Å². The molecule has 1 aliphatic rings. The first-order valence-electron chi connectivity index (χ1n) is 8.51. The molecule has 7 nitrogen and oxygen atoms in total. The first-order chi connectivity index (χ1) is 12.1. The van der Waals surface area contributed by atoms with Gasteiger partial charge in [0.25, 0.3) is 0 Å². The normalized spacial score (nSPS) is 17.3. The molecule has 0 bridgehead atoms. The summed E-state index contributed by atoms with van der Waals surface area (Å²) in [6, 6.07) is 9.86. The van der Waals surface area contributed by atoms with E-state index < -0.39 is 0 Å². The molecule has 1 aliphatic heterocycles. The first kappa shape index (κ1) is 17.0. The highest BCUT2D eigenvalue weighted by Crippen LogP contribution is 2.20. The molecule has 2 aromatic rings. The van der Waals surface area contributed by atoms with Crippen LogP contribution in [0, 0.1) is 5.92 Å². The summed E-state index contributed by atoms with van der Waals surface area (Å²) >= 11 is 0. The van der Waals surface area contributed by atoms with Gasteiger partial charge in [-0.05, 0) is 24.3 Å². The largest absolute Gasteiger partial charge is 0.370 e. The van der Waals surface area contributed by atoms with Crippen LogP contribution in [-0.2, 0) is 11.3 Å². The predicted molar refractivity (Wildman–Crippen MR) is 94.9 cm³/mol. The van der Waals surface area contributed by atoms with Gasteiger partial charge in [0.1, 0.15) is 0 Å². The lowest BCUT2D eigenvalue weighted by Gasteiger charge is -2.32. The van der Waals surface area contributed by atoms with Crippen molar-refractivity contribution in [2.75, 3.05) is 18.4 Å². The summed E-state index contributed by atoms with van der Waals surface area (Å²) in [6.07, 6.45) is 5.61. The van der Waals surface area contributed by atoms with E-state index >= 15 is 0 Å². The van der Waals surface area contributed by atoms with E-state index in [4.69, 9.17) is 5.73 Å². The van der Waals surface area contributed by atoms with E-state index in [1.165, 1.54) is 0 Å². The number of nitrogens with two attached hydrogens (primary N) is 1. The Balaban J connectivity index is 1.55. The number of rotatable bonds is 5. The number of hydrogen-bond acceptors (Lipinski definition) is 3. The smallest absolute Gasteiger partial charge is 0.321 e. The van der Waals surface area contributed by atoms with Gasteiger partial charge in [-0.3, -0.25) is 9.48 Å². The number of carbonyl (C=O) groups excluding carboxylic acids is 2. The van der Waals surface area contributed by atoms with E-state index in [1.54, 1.807) is 15.8 Å². The molecule has 132 valence electrons. The number of likely N-dealkylation sites (tertiary alicyclic amines) is 1. The highest BCUT2D eigenvalue weighted by molar-refractivity contribution is 5.89. The van der Waals surface area contributed by atoms with Crippen LogP contribution >= 0.6 is 0 Å². The monoisotopic (exact) mass is 341 g/mol. The van der Waals surface area contributed by atoms with Gasteiger partial charge in [-0.25, -0.2) is 4.79 Å². The Labute approximate surface area is 146 Å². The number of anilines is 1. The third kappa shape index (κ3) is 4.82. The molecule has 2 heterocycles.